The van der Waals surface area contributed by atoms with Crippen LogP contribution in [0.3, 0.4) is 0 Å². The van der Waals surface area contributed by atoms with Crippen LogP contribution < -0.4 is 0 Å². The van der Waals surface area contributed by atoms with Crippen molar-refractivity contribution in [3.05, 3.63) is 35.9 Å². The Hall–Kier alpha value is -2.77. The first kappa shape index (κ1) is 21.0. The van der Waals surface area contributed by atoms with E-state index in [0.29, 0.717) is 0 Å². The van der Waals surface area contributed by atoms with E-state index in [1.54, 1.807) is 20.8 Å². The molecule has 2 saturated heterocycles. The third kappa shape index (κ3) is 4.63. The van der Waals surface area contributed by atoms with Crippen LogP contribution in [0, 0.1) is 11.3 Å². The minimum atomic E-state index is -1.06. The first-order valence-corrected chi connectivity index (χ1v) is 9.78. The topological polar surface area (TPSA) is 96.4 Å². The molecule has 2 aliphatic heterocycles. The molecular weight excluding hydrogens is 376 g/mol. The number of fused-ring (bicyclic) bond motifs is 1. The van der Waals surface area contributed by atoms with Crippen molar-refractivity contribution in [2.45, 2.75) is 39.4 Å². The van der Waals surface area contributed by atoms with Gasteiger partial charge in [0.05, 0.1) is 5.41 Å². The molecule has 2 heterocycles. The smallest absolute Gasteiger partial charge is 0.410 e. The molecule has 1 aromatic carbocycles. The van der Waals surface area contributed by atoms with E-state index in [9.17, 15) is 19.5 Å². The van der Waals surface area contributed by atoms with Crippen molar-refractivity contribution >= 4 is 18.2 Å². The maximum Gasteiger partial charge on any atom is 0.410 e. The van der Waals surface area contributed by atoms with Crippen molar-refractivity contribution in [3.63, 3.8) is 0 Å². The summed E-state index contributed by atoms with van der Waals surface area (Å²) in [4.78, 5) is 40.0. The third-order valence-electron chi connectivity index (χ3n) is 5.50. The van der Waals surface area contributed by atoms with Gasteiger partial charge in [-0.3, -0.25) is 4.79 Å². The summed E-state index contributed by atoms with van der Waals surface area (Å²) in [5.41, 5.74) is -0.837. The van der Waals surface area contributed by atoms with Crippen LogP contribution in [0.15, 0.2) is 30.3 Å². The number of carboxylic acid groups (broad SMARTS) is 1. The highest BCUT2D eigenvalue weighted by atomic mass is 16.6. The largest absolute Gasteiger partial charge is 0.481 e. The number of carboxylic acids is 1. The lowest BCUT2D eigenvalue weighted by atomic mass is 9.72. The Labute approximate surface area is 170 Å². The number of hydrogen-bond donors (Lipinski definition) is 1. The Bertz CT molecular complexity index is 775. The number of benzene rings is 1. The zero-order chi connectivity index (χ0) is 21.2. The van der Waals surface area contributed by atoms with Crippen LogP contribution in [0.2, 0.25) is 0 Å². The highest BCUT2D eigenvalue weighted by Gasteiger charge is 2.57. The number of carbonyl (C=O) groups excluding carboxylic acids is 2. The number of aliphatic carboxylic acids is 1. The van der Waals surface area contributed by atoms with Crippen molar-refractivity contribution in [2.24, 2.45) is 11.3 Å². The molecule has 29 heavy (non-hydrogen) atoms. The molecule has 1 N–H and O–H groups in total. The number of ether oxygens (including phenoxy) is 2. The number of hydrogen-bond acceptors (Lipinski definition) is 5. The second-order valence-corrected chi connectivity index (χ2v) is 8.76. The van der Waals surface area contributed by atoms with Gasteiger partial charge in [-0.25, -0.2) is 9.59 Å². The van der Waals surface area contributed by atoms with Crippen molar-refractivity contribution in [2.75, 3.05) is 26.2 Å². The fourth-order valence-electron chi connectivity index (χ4n) is 3.97. The van der Waals surface area contributed by atoms with Gasteiger partial charge >= 0.3 is 18.2 Å². The van der Waals surface area contributed by atoms with Crippen molar-refractivity contribution in [1.29, 1.82) is 0 Å². The number of likely N-dealkylation sites (tertiary alicyclic amines) is 2. The SMILES string of the molecule is CC(C)(C)OC(=O)N1CC2CN(C(=O)OCc3ccccc3)CC[C@@]2(C(=O)O)C1. The Morgan fingerprint density at radius 1 is 1.10 bits per heavy atom. The molecule has 2 atom stereocenters. The van der Waals surface area contributed by atoms with Gasteiger partial charge in [0.1, 0.15) is 12.2 Å². The van der Waals surface area contributed by atoms with Gasteiger partial charge in [-0.05, 0) is 32.8 Å². The fourth-order valence-corrected chi connectivity index (χ4v) is 3.97. The van der Waals surface area contributed by atoms with Gasteiger partial charge in [-0.15, -0.1) is 0 Å². The Balaban J connectivity index is 1.65. The molecule has 8 nitrogen and oxygen atoms in total. The molecule has 3 rings (SSSR count). The van der Waals surface area contributed by atoms with Crippen LogP contribution in [-0.2, 0) is 20.9 Å². The summed E-state index contributed by atoms with van der Waals surface area (Å²) in [7, 11) is 0. The van der Waals surface area contributed by atoms with E-state index >= 15 is 0 Å². The van der Waals surface area contributed by atoms with E-state index < -0.39 is 29.2 Å². The Morgan fingerprint density at radius 2 is 1.76 bits per heavy atom. The van der Waals surface area contributed by atoms with E-state index in [4.69, 9.17) is 9.47 Å². The zero-order valence-corrected chi connectivity index (χ0v) is 17.1. The summed E-state index contributed by atoms with van der Waals surface area (Å²) in [6.07, 6.45) is -0.721. The molecule has 0 saturated carbocycles. The van der Waals surface area contributed by atoms with E-state index in [1.807, 2.05) is 30.3 Å². The molecule has 0 aliphatic carbocycles. The minimum Gasteiger partial charge on any atom is -0.481 e. The summed E-state index contributed by atoms with van der Waals surface area (Å²) in [6, 6.07) is 9.37. The molecular formula is C21H28N2O6. The van der Waals surface area contributed by atoms with Crippen LogP contribution in [0.4, 0.5) is 9.59 Å². The van der Waals surface area contributed by atoms with Crippen LogP contribution >= 0.6 is 0 Å². The molecule has 1 unspecified atom stereocenters. The molecule has 1 aromatic rings. The second-order valence-electron chi connectivity index (χ2n) is 8.76. The third-order valence-corrected chi connectivity index (χ3v) is 5.50. The maximum absolute atomic E-state index is 12.5. The molecule has 2 amide bonds. The van der Waals surface area contributed by atoms with Gasteiger partial charge in [-0.1, -0.05) is 30.3 Å². The van der Waals surface area contributed by atoms with Gasteiger partial charge in [0, 0.05) is 32.1 Å². The molecule has 158 valence electrons. The second kappa shape index (κ2) is 7.93. The van der Waals surface area contributed by atoms with Crippen LogP contribution in [0.5, 0.6) is 0 Å². The van der Waals surface area contributed by atoms with Crippen molar-refractivity contribution in [1.82, 2.24) is 9.80 Å². The molecule has 0 aromatic heterocycles. The van der Waals surface area contributed by atoms with Gasteiger partial charge in [-0.2, -0.15) is 0 Å². The zero-order valence-electron chi connectivity index (χ0n) is 17.1. The van der Waals surface area contributed by atoms with Gasteiger partial charge < -0.3 is 24.4 Å². The van der Waals surface area contributed by atoms with E-state index in [0.717, 1.165) is 5.56 Å². The number of piperidine rings is 1. The van der Waals surface area contributed by atoms with Gasteiger partial charge in [0.15, 0.2) is 0 Å². The standard InChI is InChI=1S/C21H28N2O6/c1-20(2,3)29-19(27)23-12-16-11-22(10-9-21(16,14-23)17(24)25)18(26)28-13-15-7-5-4-6-8-15/h4-8,16H,9-14H2,1-3H3,(H,24,25)/t16?,21-/m1/s1. The monoisotopic (exact) mass is 404 g/mol. The lowest BCUT2D eigenvalue weighted by Gasteiger charge is -2.39. The first-order valence-electron chi connectivity index (χ1n) is 9.78. The number of carbonyl (C=O) groups is 3. The highest BCUT2D eigenvalue weighted by molar-refractivity contribution is 5.79. The summed E-state index contributed by atoms with van der Waals surface area (Å²) in [6.45, 7) is 6.31. The predicted octanol–water partition coefficient (Wildman–Crippen LogP) is 2.97. The normalized spacial score (nSPS) is 24.0. The number of nitrogens with zero attached hydrogens (tertiary/aromatic N) is 2. The molecule has 0 bridgehead atoms. The van der Waals surface area contributed by atoms with Gasteiger partial charge in [0.25, 0.3) is 0 Å². The summed E-state index contributed by atoms with van der Waals surface area (Å²) in [5.74, 6) is -1.31. The van der Waals surface area contributed by atoms with Gasteiger partial charge in [0.2, 0.25) is 0 Å². The number of rotatable bonds is 3. The average molecular weight is 404 g/mol. The molecule has 2 aliphatic rings. The van der Waals surface area contributed by atoms with Crippen LogP contribution in [0.1, 0.15) is 32.8 Å². The van der Waals surface area contributed by atoms with Crippen LogP contribution in [0.25, 0.3) is 0 Å². The van der Waals surface area contributed by atoms with E-state index in [-0.39, 0.29) is 45.1 Å². The van der Waals surface area contributed by atoms with Crippen molar-refractivity contribution < 1.29 is 29.0 Å². The molecule has 0 spiro atoms. The van der Waals surface area contributed by atoms with E-state index in [2.05, 4.69) is 0 Å². The average Bonchev–Trinajstić information content (AvgIpc) is 3.06. The lowest BCUT2D eigenvalue weighted by molar-refractivity contribution is -0.153. The minimum absolute atomic E-state index is 0.0921. The molecule has 8 heteroatoms. The predicted molar refractivity (Wildman–Crippen MR) is 104 cm³/mol. The summed E-state index contributed by atoms with van der Waals surface area (Å²) < 4.78 is 10.8. The van der Waals surface area contributed by atoms with Crippen LogP contribution in [-0.4, -0.2) is 64.8 Å². The molecule has 2 fully saturated rings. The van der Waals surface area contributed by atoms with Crippen molar-refractivity contribution in [3.8, 4) is 0 Å². The maximum atomic E-state index is 12.5. The fraction of sp³-hybridized carbons (Fsp3) is 0.571. The summed E-state index contributed by atoms with van der Waals surface area (Å²) in [5, 5.41) is 9.89. The lowest BCUT2D eigenvalue weighted by Crippen LogP contribution is -2.52. The molecule has 0 radical (unpaired) electrons. The Morgan fingerprint density at radius 3 is 2.38 bits per heavy atom. The summed E-state index contributed by atoms with van der Waals surface area (Å²) >= 11 is 0. The quantitative estimate of drug-likeness (QED) is 0.832. The highest BCUT2D eigenvalue weighted by Crippen LogP contribution is 2.43. The first-order chi connectivity index (χ1) is 13.6. The van der Waals surface area contributed by atoms with E-state index in [1.165, 1.54) is 9.80 Å². The Kier molecular flexibility index (Phi) is 5.73. The number of amides is 2.